The third-order valence-electron chi connectivity index (χ3n) is 6.08. The Hall–Kier alpha value is -2.33. The van der Waals surface area contributed by atoms with E-state index in [1.165, 1.54) is 53.9 Å². The first-order valence-electron chi connectivity index (χ1n) is 11.6. The van der Waals surface area contributed by atoms with Gasteiger partial charge in [-0.2, -0.15) is 12.1 Å². The minimum absolute atomic E-state index is 0. The monoisotopic (exact) mass is 522 g/mol. The molecule has 6 aromatic rings. The SMILES string of the molecule is Cc1ccccc1Pc1cc2ccccc2[cH-]1.Cc1ccccc1Pc1cc2ccccc2[cH-]1.[Ti+2]. The molecule has 6 aromatic carbocycles. The topological polar surface area (TPSA) is 0 Å². The second-order valence-corrected chi connectivity index (χ2v) is 11.4. The summed E-state index contributed by atoms with van der Waals surface area (Å²) in [4.78, 5) is 0. The van der Waals surface area contributed by atoms with Crippen LogP contribution in [0.25, 0.3) is 21.5 Å². The summed E-state index contributed by atoms with van der Waals surface area (Å²) in [6, 6.07) is 43.6. The summed E-state index contributed by atoms with van der Waals surface area (Å²) in [5.41, 5.74) is 2.77. The number of benzene rings is 4. The van der Waals surface area contributed by atoms with Gasteiger partial charge in [0.15, 0.2) is 0 Å². The van der Waals surface area contributed by atoms with Crippen molar-refractivity contribution in [2.45, 2.75) is 13.8 Å². The van der Waals surface area contributed by atoms with E-state index < -0.39 is 0 Å². The van der Waals surface area contributed by atoms with Gasteiger partial charge in [-0.25, -0.2) is 0 Å². The zero-order valence-corrected chi connectivity index (χ0v) is 23.6. The van der Waals surface area contributed by atoms with Crippen LogP contribution >= 0.6 is 17.2 Å². The Morgan fingerprint density at radius 1 is 0.486 bits per heavy atom. The van der Waals surface area contributed by atoms with Gasteiger partial charge >= 0.3 is 21.7 Å². The average Bonchev–Trinajstić information content (AvgIpc) is 3.45. The third kappa shape index (κ3) is 6.47. The molecule has 170 valence electrons. The van der Waals surface area contributed by atoms with Gasteiger partial charge in [-0.1, -0.05) is 77.8 Å². The van der Waals surface area contributed by atoms with Crippen LogP contribution in [0.2, 0.25) is 0 Å². The molecule has 35 heavy (non-hydrogen) atoms. The number of hydrogen-bond acceptors (Lipinski definition) is 0. The van der Waals surface area contributed by atoms with Crippen molar-refractivity contribution >= 4 is 59.9 Å². The molecular weight excluding hydrogens is 494 g/mol. The van der Waals surface area contributed by atoms with Gasteiger partial charge in [-0.3, -0.25) is 0 Å². The largest absolute Gasteiger partial charge is 2.00 e. The predicted molar refractivity (Wildman–Crippen MR) is 157 cm³/mol. The van der Waals surface area contributed by atoms with Crippen LogP contribution in [0.4, 0.5) is 0 Å². The summed E-state index contributed by atoms with van der Waals surface area (Å²) in [6.45, 7) is 4.37. The first kappa shape index (κ1) is 25.8. The molecule has 0 fully saturated rings. The van der Waals surface area contributed by atoms with Crippen molar-refractivity contribution < 1.29 is 21.7 Å². The maximum atomic E-state index is 2.31. The molecule has 0 saturated carbocycles. The van der Waals surface area contributed by atoms with Crippen LogP contribution in [0.1, 0.15) is 11.1 Å². The Labute approximate surface area is 227 Å². The summed E-state index contributed by atoms with van der Waals surface area (Å²) >= 11 is 0. The molecule has 6 rings (SSSR count). The fourth-order valence-corrected chi connectivity index (χ4v) is 6.64. The van der Waals surface area contributed by atoms with Gasteiger partial charge in [0.2, 0.25) is 0 Å². The van der Waals surface area contributed by atoms with Crippen LogP contribution in [0.3, 0.4) is 0 Å². The molecule has 0 heterocycles. The molecule has 3 heteroatoms. The van der Waals surface area contributed by atoms with E-state index in [4.69, 9.17) is 0 Å². The van der Waals surface area contributed by atoms with E-state index in [0.29, 0.717) is 0 Å². The second kappa shape index (κ2) is 12.1. The summed E-state index contributed by atoms with van der Waals surface area (Å²) in [6.07, 6.45) is 0. The molecule has 0 aliphatic heterocycles. The number of hydrogen-bond donors (Lipinski definition) is 0. The fourth-order valence-electron chi connectivity index (χ4n) is 4.18. The van der Waals surface area contributed by atoms with Crippen molar-refractivity contribution in [2.24, 2.45) is 0 Å². The summed E-state index contributed by atoms with van der Waals surface area (Å²) in [5.74, 6) is 0. The summed E-state index contributed by atoms with van der Waals surface area (Å²) in [5, 5.41) is 11.2. The maximum Gasteiger partial charge on any atom is 2.00 e. The standard InChI is InChI=1S/2C16H14P.Ti/c2*1-12-6-2-5-9-16(12)17-15-10-13-7-3-4-8-14(13)11-15;/h2*2-11,17H,1H3;/q2*-1;+2. The van der Waals surface area contributed by atoms with Crippen LogP contribution in [0.15, 0.2) is 121 Å². The van der Waals surface area contributed by atoms with Crippen molar-refractivity contribution in [1.29, 1.82) is 0 Å². The first-order valence-corrected chi connectivity index (χ1v) is 13.6. The van der Waals surface area contributed by atoms with Crippen molar-refractivity contribution in [3.63, 3.8) is 0 Å². The van der Waals surface area contributed by atoms with Gasteiger partial charge in [-0.05, 0) is 35.6 Å². The molecular formula is C32H28P2Ti. The van der Waals surface area contributed by atoms with Gasteiger partial charge in [0.1, 0.15) is 0 Å². The zero-order valence-electron chi connectivity index (χ0n) is 20.0. The van der Waals surface area contributed by atoms with Crippen LogP contribution in [-0.2, 0) is 21.7 Å². The molecule has 0 saturated heterocycles. The Bertz CT molecular complexity index is 1360. The minimum Gasteiger partial charge on any atom is -0.160 e. The Kier molecular flexibility index (Phi) is 8.89. The van der Waals surface area contributed by atoms with E-state index in [9.17, 15) is 0 Å². The van der Waals surface area contributed by atoms with Crippen molar-refractivity contribution in [1.82, 2.24) is 0 Å². The number of rotatable bonds is 4. The van der Waals surface area contributed by atoms with E-state index in [1.54, 1.807) is 0 Å². The zero-order chi connectivity index (χ0) is 23.3. The molecule has 0 radical (unpaired) electrons. The van der Waals surface area contributed by atoms with E-state index in [1.807, 2.05) is 0 Å². The van der Waals surface area contributed by atoms with E-state index in [2.05, 4.69) is 135 Å². The molecule has 0 nitrogen and oxygen atoms in total. The average molecular weight is 522 g/mol. The predicted octanol–water partition coefficient (Wildman–Crippen LogP) is 6.99. The molecule has 0 N–H and O–H groups in total. The maximum absolute atomic E-state index is 2.31. The van der Waals surface area contributed by atoms with Gasteiger partial charge < -0.3 is 0 Å². The van der Waals surface area contributed by atoms with Gasteiger partial charge in [0.25, 0.3) is 0 Å². The van der Waals surface area contributed by atoms with E-state index >= 15 is 0 Å². The summed E-state index contributed by atoms with van der Waals surface area (Å²) < 4.78 is 0. The van der Waals surface area contributed by atoms with Crippen molar-refractivity contribution in [3.8, 4) is 0 Å². The van der Waals surface area contributed by atoms with Gasteiger partial charge in [0, 0.05) is 0 Å². The van der Waals surface area contributed by atoms with Crippen molar-refractivity contribution in [3.05, 3.63) is 132 Å². The van der Waals surface area contributed by atoms with Gasteiger partial charge in [0.05, 0.1) is 0 Å². The molecule has 0 spiro atoms. The smallest absolute Gasteiger partial charge is 0.160 e. The Morgan fingerprint density at radius 2 is 0.857 bits per heavy atom. The summed E-state index contributed by atoms with van der Waals surface area (Å²) in [7, 11) is 1.52. The Morgan fingerprint density at radius 3 is 1.26 bits per heavy atom. The minimum atomic E-state index is 0. The van der Waals surface area contributed by atoms with Crippen LogP contribution in [-0.4, -0.2) is 0 Å². The second-order valence-electron chi connectivity index (χ2n) is 8.63. The molecule has 0 aromatic heterocycles. The molecule has 2 unspecified atom stereocenters. The quantitative estimate of drug-likeness (QED) is 0.133. The van der Waals surface area contributed by atoms with Crippen LogP contribution in [0, 0.1) is 13.8 Å². The normalized spacial score (nSPS) is 11.3. The fraction of sp³-hybridized carbons (Fsp3) is 0.0625. The third-order valence-corrected chi connectivity index (χ3v) is 8.90. The number of aryl methyl sites for hydroxylation is 2. The molecule has 0 bridgehead atoms. The number of fused-ring (bicyclic) bond motifs is 2. The van der Waals surface area contributed by atoms with Gasteiger partial charge in [-0.15, -0.1) is 80.7 Å². The van der Waals surface area contributed by atoms with E-state index in [0.717, 1.165) is 17.2 Å². The van der Waals surface area contributed by atoms with E-state index in [-0.39, 0.29) is 21.7 Å². The van der Waals surface area contributed by atoms with Crippen LogP contribution in [0.5, 0.6) is 0 Å². The molecule has 0 amide bonds. The molecule has 2 atom stereocenters. The molecule has 0 aliphatic rings. The first-order chi connectivity index (χ1) is 16.7. The molecule has 0 aliphatic carbocycles. The Balaban J connectivity index is 0.000000160. The van der Waals surface area contributed by atoms with Crippen LogP contribution < -0.4 is 21.2 Å². The van der Waals surface area contributed by atoms with Crippen molar-refractivity contribution in [2.75, 3.05) is 0 Å².